The van der Waals surface area contributed by atoms with Crippen LogP contribution in [0.25, 0.3) is 0 Å². The van der Waals surface area contributed by atoms with Gasteiger partial charge in [-0.1, -0.05) is 0 Å². The van der Waals surface area contributed by atoms with E-state index in [4.69, 9.17) is 5.73 Å². The molecule has 2 aromatic rings. The predicted octanol–water partition coefficient (Wildman–Crippen LogP) is 0.448. The third-order valence-corrected chi connectivity index (χ3v) is 4.40. The number of nitrogens with two attached hydrogens (primary N) is 1. The molecule has 7 nitrogen and oxygen atoms in total. The zero-order valence-corrected chi connectivity index (χ0v) is 13.7. The number of amides is 1. The Morgan fingerprint density at radius 1 is 1.30 bits per heavy atom. The van der Waals surface area contributed by atoms with Crippen LogP contribution in [0.3, 0.4) is 0 Å². The lowest BCUT2D eigenvalue weighted by Gasteiger charge is -2.21. The number of hydrogen-bond acceptors (Lipinski definition) is 5. The molecule has 2 aromatic heterocycles. The van der Waals surface area contributed by atoms with Gasteiger partial charge >= 0.3 is 0 Å². The molecule has 0 radical (unpaired) electrons. The second kappa shape index (κ2) is 6.00. The van der Waals surface area contributed by atoms with Gasteiger partial charge in [-0.2, -0.15) is 0 Å². The molecule has 122 valence electrons. The van der Waals surface area contributed by atoms with Gasteiger partial charge in [-0.15, -0.1) is 0 Å². The Morgan fingerprint density at radius 3 is 2.74 bits per heavy atom. The van der Waals surface area contributed by atoms with Crippen LogP contribution in [0.4, 0.5) is 5.69 Å². The maximum Gasteiger partial charge on any atom is 0.257 e. The highest BCUT2D eigenvalue weighted by Gasteiger charge is 2.36. The molecular formula is C16H22N6O. The van der Waals surface area contributed by atoms with Crippen molar-refractivity contribution in [3.05, 3.63) is 42.2 Å². The maximum atomic E-state index is 12.9. The molecule has 7 heteroatoms. The molecule has 3 rings (SSSR count). The molecule has 0 saturated carbocycles. The number of pyridine rings is 1. The van der Waals surface area contributed by atoms with Gasteiger partial charge in [-0.25, -0.2) is 4.98 Å². The van der Waals surface area contributed by atoms with Crippen molar-refractivity contribution in [1.82, 2.24) is 19.4 Å². The molecule has 0 unspecified atom stereocenters. The summed E-state index contributed by atoms with van der Waals surface area (Å²) in [4.78, 5) is 24.9. The number of rotatable bonds is 3. The van der Waals surface area contributed by atoms with Crippen LogP contribution in [0.2, 0.25) is 0 Å². The van der Waals surface area contributed by atoms with Crippen LogP contribution in [0.5, 0.6) is 0 Å². The number of anilines is 1. The monoisotopic (exact) mass is 314 g/mol. The number of nitrogens with zero attached hydrogens (tertiary/aromatic N) is 5. The lowest BCUT2D eigenvalue weighted by Crippen LogP contribution is -2.33. The Morgan fingerprint density at radius 2 is 2.09 bits per heavy atom. The summed E-state index contributed by atoms with van der Waals surface area (Å²) < 4.78 is 1.97. The topological polar surface area (TPSA) is 80.3 Å². The zero-order valence-electron chi connectivity index (χ0n) is 13.7. The van der Waals surface area contributed by atoms with Crippen LogP contribution >= 0.6 is 0 Å². The van der Waals surface area contributed by atoms with Gasteiger partial charge in [0.25, 0.3) is 5.91 Å². The lowest BCUT2D eigenvalue weighted by atomic mass is 10.0. The number of carbonyl (C=O) groups is 1. The molecule has 3 heterocycles. The van der Waals surface area contributed by atoms with E-state index in [-0.39, 0.29) is 17.9 Å². The minimum Gasteiger partial charge on any atom is -0.377 e. The van der Waals surface area contributed by atoms with E-state index < -0.39 is 0 Å². The summed E-state index contributed by atoms with van der Waals surface area (Å²) in [7, 11) is 5.78. The van der Waals surface area contributed by atoms with Gasteiger partial charge in [0.15, 0.2) is 0 Å². The van der Waals surface area contributed by atoms with Crippen molar-refractivity contribution in [2.45, 2.75) is 12.0 Å². The summed E-state index contributed by atoms with van der Waals surface area (Å²) >= 11 is 0. The van der Waals surface area contributed by atoms with Crippen LogP contribution in [0.1, 0.15) is 22.0 Å². The summed E-state index contributed by atoms with van der Waals surface area (Å²) in [6.45, 7) is 1.14. The Balaban J connectivity index is 1.84. The fourth-order valence-corrected chi connectivity index (χ4v) is 3.14. The van der Waals surface area contributed by atoms with Crippen molar-refractivity contribution in [3.63, 3.8) is 0 Å². The van der Waals surface area contributed by atoms with Crippen LogP contribution < -0.4 is 10.6 Å². The summed E-state index contributed by atoms with van der Waals surface area (Å²) in [6, 6.07) is 1.76. The van der Waals surface area contributed by atoms with Gasteiger partial charge in [0.2, 0.25) is 0 Å². The number of likely N-dealkylation sites (tertiary alicyclic amines) is 1. The molecule has 0 aromatic carbocycles. The van der Waals surface area contributed by atoms with Crippen LogP contribution in [-0.4, -0.2) is 58.6 Å². The van der Waals surface area contributed by atoms with E-state index in [0.29, 0.717) is 18.7 Å². The van der Waals surface area contributed by atoms with E-state index in [0.717, 1.165) is 11.4 Å². The van der Waals surface area contributed by atoms with Crippen molar-refractivity contribution in [2.24, 2.45) is 12.8 Å². The van der Waals surface area contributed by atoms with E-state index in [1.807, 2.05) is 47.8 Å². The highest BCUT2D eigenvalue weighted by Crippen LogP contribution is 2.28. The highest BCUT2D eigenvalue weighted by atomic mass is 16.2. The van der Waals surface area contributed by atoms with E-state index >= 15 is 0 Å². The quantitative estimate of drug-likeness (QED) is 0.889. The Kier molecular flexibility index (Phi) is 4.04. The number of imidazole rings is 1. The largest absolute Gasteiger partial charge is 0.377 e. The molecule has 0 spiro atoms. The SMILES string of the molecule is CN(C)c1ccncc1C(=O)N1C[C@@H](N)[C@H](c2cncn2C)C1. The van der Waals surface area contributed by atoms with Crippen LogP contribution in [-0.2, 0) is 7.05 Å². The van der Waals surface area contributed by atoms with E-state index in [1.165, 1.54) is 0 Å². The first-order chi connectivity index (χ1) is 11.0. The van der Waals surface area contributed by atoms with Crippen molar-refractivity contribution < 1.29 is 4.79 Å². The van der Waals surface area contributed by atoms with Gasteiger partial charge in [0.05, 0.1) is 17.6 Å². The lowest BCUT2D eigenvalue weighted by molar-refractivity contribution is 0.0789. The van der Waals surface area contributed by atoms with Crippen molar-refractivity contribution in [3.8, 4) is 0 Å². The normalized spacial score (nSPS) is 20.8. The molecule has 23 heavy (non-hydrogen) atoms. The molecule has 2 N–H and O–H groups in total. The van der Waals surface area contributed by atoms with Gasteiger partial charge < -0.3 is 20.1 Å². The van der Waals surface area contributed by atoms with Crippen LogP contribution in [0.15, 0.2) is 31.0 Å². The van der Waals surface area contributed by atoms with Gasteiger partial charge in [-0.3, -0.25) is 9.78 Å². The molecule has 0 bridgehead atoms. The first kappa shape index (κ1) is 15.5. The number of hydrogen-bond donors (Lipinski definition) is 1. The number of carbonyl (C=O) groups excluding carboxylic acids is 1. The average Bonchev–Trinajstić information content (AvgIpc) is 3.12. The summed E-state index contributed by atoms with van der Waals surface area (Å²) in [5, 5.41) is 0. The van der Waals surface area contributed by atoms with Gasteiger partial charge in [0.1, 0.15) is 0 Å². The van der Waals surface area contributed by atoms with Gasteiger partial charge in [0, 0.05) is 70.5 Å². The fourth-order valence-electron chi connectivity index (χ4n) is 3.14. The maximum absolute atomic E-state index is 12.9. The van der Waals surface area contributed by atoms with Crippen molar-refractivity contribution in [2.75, 3.05) is 32.1 Å². The fraction of sp³-hybridized carbons (Fsp3) is 0.438. The molecule has 1 aliphatic heterocycles. The van der Waals surface area contributed by atoms with E-state index in [2.05, 4.69) is 9.97 Å². The molecule has 1 fully saturated rings. The van der Waals surface area contributed by atoms with Crippen molar-refractivity contribution >= 4 is 11.6 Å². The smallest absolute Gasteiger partial charge is 0.257 e. The first-order valence-corrected chi connectivity index (χ1v) is 7.61. The van der Waals surface area contributed by atoms with Gasteiger partial charge in [-0.05, 0) is 6.07 Å². The first-order valence-electron chi connectivity index (χ1n) is 7.61. The average molecular weight is 314 g/mol. The van der Waals surface area contributed by atoms with Crippen LogP contribution in [0, 0.1) is 0 Å². The third kappa shape index (κ3) is 2.79. The summed E-state index contributed by atoms with van der Waals surface area (Å²) in [5.74, 6) is 0.0767. The molecule has 1 aliphatic rings. The Bertz CT molecular complexity index is 710. The molecule has 2 atom stereocenters. The molecule has 0 aliphatic carbocycles. The predicted molar refractivity (Wildman–Crippen MR) is 88.4 cm³/mol. The second-order valence-electron chi connectivity index (χ2n) is 6.20. The molecule has 1 amide bonds. The molecule has 1 saturated heterocycles. The number of aryl methyl sites for hydroxylation is 1. The summed E-state index contributed by atoms with van der Waals surface area (Å²) in [5.41, 5.74) is 8.81. The van der Waals surface area contributed by atoms with E-state index in [1.54, 1.807) is 18.7 Å². The standard InChI is InChI=1S/C16H22N6O/c1-20(2)14-4-5-18-6-11(14)16(23)22-8-12(13(17)9-22)15-7-19-10-21(15)3/h4-7,10,12-13H,8-9,17H2,1-3H3/t12-,13-/m1/s1. The minimum absolute atomic E-state index is 0.0260. The minimum atomic E-state index is -0.0890. The van der Waals surface area contributed by atoms with Crippen molar-refractivity contribution in [1.29, 1.82) is 0 Å². The number of aromatic nitrogens is 3. The zero-order chi connectivity index (χ0) is 16.6. The third-order valence-electron chi connectivity index (χ3n) is 4.40. The highest BCUT2D eigenvalue weighted by molar-refractivity contribution is 5.99. The summed E-state index contributed by atoms with van der Waals surface area (Å²) in [6.07, 6.45) is 6.91. The Hall–Kier alpha value is -2.41. The second-order valence-corrected chi connectivity index (χ2v) is 6.20. The Labute approximate surface area is 135 Å². The molecular weight excluding hydrogens is 292 g/mol. The van der Waals surface area contributed by atoms with E-state index in [9.17, 15) is 4.79 Å².